The van der Waals surface area contributed by atoms with Crippen LogP contribution >= 0.6 is 11.8 Å². The third kappa shape index (κ3) is 2.52. The van der Waals surface area contributed by atoms with E-state index in [0.717, 1.165) is 24.0 Å². The Morgan fingerprint density at radius 3 is 3.31 bits per heavy atom. The Kier molecular flexibility index (Phi) is 2.92. The zero-order chi connectivity index (χ0) is 8.93. The molecular formula is C9H12N2OS. The smallest absolute Gasteiger partial charge is 0.156 e. The fourth-order valence-corrected chi connectivity index (χ4v) is 1.97. The zero-order valence-corrected chi connectivity index (χ0v) is 8.14. The summed E-state index contributed by atoms with van der Waals surface area (Å²) in [6.45, 7) is 1.69. The van der Waals surface area contributed by atoms with Crippen molar-refractivity contribution in [1.82, 2.24) is 5.32 Å². The molecular weight excluding hydrogens is 184 g/mol. The van der Waals surface area contributed by atoms with Gasteiger partial charge < -0.3 is 9.73 Å². The minimum Gasteiger partial charge on any atom is -0.467 e. The topological polar surface area (TPSA) is 37.5 Å². The lowest BCUT2D eigenvalue weighted by Crippen LogP contribution is -2.22. The average molecular weight is 196 g/mol. The van der Waals surface area contributed by atoms with Crippen LogP contribution in [0, 0.1) is 0 Å². The molecule has 1 aliphatic heterocycles. The molecule has 0 aliphatic carbocycles. The van der Waals surface area contributed by atoms with E-state index in [-0.39, 0.29) is 0 Å². The summed E-state index contributed by atoms with van der Waals surface area (Å²) in [6, 6.07) is 3.86. The number of amidine groups is 1. The number of nitrogens with zero attached hydrogens (tertiary/aromatic N) is 1. The Hall–Kier alpha value is -0.900. The summed E-state index contributed by atoms with van der Waals surface area (Å²) in [4.78, 5) is 4.36. The molecule has 1 aliphatic rings. The summed E-state index contributed by atoms with van der Waals surface area (Å²) in [5.41, 5.74) is 0. The fraction of sp³-hybridized carbons (Fsp3) is 0.444. The largest absolute Gasteiger partial charge is 0.467 e. The second-order valence-electron chi connectivity index (χ2n) is 2.82. The first kappa shape index (κ1) is 8.69. The first-order valence-electron chi connectivity index (χ1n) is 4.38. The quantitative estimate of drug-likeness (QED) is 0.784. The van der Waals surface area contributed by atoms with Gasteiger partial charge in [-0.05, 0) is 18.6 Å². The SMILES string of the molecule is c1coc(CNC2=NCCCS2)c1. The Morgan fingerprint density at radius 1 is 1.62 bits per heavy atom. The molecule has 70 valence electrons. The molecule has 1 N–H and O–H groups in total. The highest BCUT2D eigenvalue weighted by atomic mass is 32.2. The maximum atomic E-state index is 5.20. The summed E-state index contributed by atoms with van der Waals surface area (Å²) in [6.07, 6.45) is 2.88. The first-order chi connectivity index (χ1) is 6.45. The van der Waals surface area contributed by atoms with E-state index in [1.54, 1.807) is 18.0 Å². The van der Waals surface area contributed by atoms with Crippen LogP contribution in [0.3, 0.4) is 0 Å². The summed E-state index contributed by atoms with van der Waals surface area (Å²) in [5, 5.41) is 4.29. The molecule has 0 amide bonds. The second kappa shape index (κ2) is 4.37. The molecule has 0 saturated carbocycles. The minimum absolute atomic E-state index is 0.735. The molecule has 0 unspecified atom stereocenters. The van der Waals surface area contributed by atoms with Crippen molar-refractivity contribution in [3.8, 4) is 0 Å². The molecule has 3 nitrogen and oxygen atoms in total. The summed E-state index contributed by atoms with van der Waals surface area (Å²) < 4.78 is 5.20. The molecule has 0 atom stereocenters. The Balaban J connectivity index is 1.82. The highest BCUT2D eigenvalue weighted by molar-refractivity contribution is 8.13. The van der Waals surface area contributed by atoms with Gasteiger partial charge in [-0.15, -0.1) is 0 Å². The number of hydrogen-bond donors (Lipinski definition) is 1. The number of aliphatic imine (C=N–C) groups is 1. The average Bonchev–Trinajstić information content (AvgIpc) is 2.69. The number of hydrogen-bond acceptors (Lipinski definition) is 4. The van der Waals surface area contributed by atoms with E-state index < -0.39 is 0 Å². The summed E-state index contributed by atoms with van der Waals surface area (Å²) >= 11 is 1.78. The molecule has 2 rings (SSSR count). The molecule has 0 spiro atoms. The van der Waals surface area contributed by atoms with Crippen LogP contribution < -0.4 is 5.32 Å². The highest BCUT2D eigenvalue weighted by Crippen LogP contribution is 2.10. The van der Waals surface area contributed by atoms with Crippen LogP contribution in [0.15, 0.2) is 27.8 Å². The Bertz CT molecular complexity index is 282. The minimum atomic E-state index is 0.735. The first-order valence-corrected chi connectivity index (χ1v) is 5.37. The third-order valence-corrected chi connectivity index (χ3v) is 2.83. The monoisotopic (exact) mass is 196 g/mol. The van der Waals surface area contributed by atoms with Crippen LogP contribution in [0.4, 0.5) is 0 Å². The standard InChI is InChI=1S/C9H12N2OS/c1-3-8(12-5-1)7-11-9-10-4-2-6-13-9/h1,3,5H,2,4,6-7H2,(H,10,11). The maximum absolute atomic E-state index is 5.20. The van der Waals surface area contributed by atoms with Gasteiger partial charge in [-0.1, -0.05) is 11.8 Å². The fourth-order valence-electron chi connectivity index (χ4n) is 1.14. The maximum Gasteiger partial charge on any atom is 0.156 e. The molecule has 0 radical (unpaired) electrons. The summed E-state index contributed by atoms with van der Waals surface area (Å²) in [7, 11) is 0. The van der Waals surface area contributed by atoms with Crippen molar-refractivity contribution in [2.75, 3.05) is 12.3 Å². The van der Waals surface area contributed by atoms with Gasteiger partial charge in [0.1, 0.15) is 5.76 Å². The molecule has 13 heavy (non-hydrogen) atoms. The van der Waals surface area contributed by atoms with E-state index >= 15 is 0 Å². The van der Waals surface area contributed by atoms with E-state index in [1.165, 1.54) is 12.2 Å². The van der Waals surface area contributed by atoms with E-state index in [9.17, 15) is 0 Å². The van der Waals surface area contributed by atoms with Crippen molar-refractivity contribution in [3.05, 3.63) is 24.2 Å². The van der Waals surface area contributed by atoms with Gasteiger partial charge in [-0.2, -0.15) is 0 Å². The molecule has 0 fully saturated rings. The zero-order valence-electron chi connectivity index (χ0n) is 7.32. The van der Waals surface area contributed by atoms with E-state index in [1.807, 2.05) is 12.1 Å². The molecule has 0 bridgehead atoms. The van der Waals surface area contributed by atoms with Gasteiger partial charge >= 0.3 is 0 Å². The van der Waals surface area contributed by atoms with E-state index in [2.05, 4.69) is 10.3 Å². The van der Waals surface area contributed by atoms with E-state index in [4.69, 9.17) is 4.42 Å². The lowest BCUT2D eigenvalue weighted by molar-refractivity contribution is 0.503. The van der Waals surface area contributed by atoms with Crippen molar-refractivity contribution in [1.29, 1.82) is 0 Å². The summed E-state index contributed by atoms with van der Waals surface area (Å²) in [5.74, 6) is 2.12. The van der Waals surface area contributed by atoms with Crippen LogP contribution in [-0.4, -0.2) is 17.5 Å². The number of rotatable bonds is 2. The van der Waals surface area contributed by atoms with Crippen LogP contribution in [0.2, 0.25) is 0 Å². The van der Waals surface area contributed by atoms with Crippen molar-refractivity contribution in [2.45, 2.75) is 13.0 Å². The predicted molar refractivity (Wildman–Crippen MR) is 54.9 cm³/mol. The van der Waals surface area contributed by atoms with Gasteiger partial charge in [-0.25, -0.2) is 0 Å². The van der Waals surface area contributed by atoms with Crippen molar-refractivity contribution in [3.63, 3.8) is 0 Å². The number of furan rings is 1. The van der Waals surface area contributed by atoms with Crippen LogP contribution in [0.5, 0.6) is 0 Å². The molecule has 2 heterocycles. The van der Waals surface area contributed by atoms with Gasteiger partial charge in [0.2, 0.25) is 0 Å². The Morgan fingerprint density at radius 2 is 2.62 bits per heavy atom. The highest BCUT2D eigenvalue weighted by Gasteiger charge is 2.05. The van der Waals surface area contributed by atoms with Gasteiger partial charge in [0.25, 0.3) is 0 Å². The molecule has 1 aromatic rings. The van der Waals surface area contributed by atoms with Crippen molar-refractivity contribution < 1.29 is 4.42 Å². The second-order valence-corrected chi connectivity index (χ2v) is 3.91. The predicted octanol–water partition coefficient (Wildman–Crippen LogP) is 1.86. The number of thioether (sulfide) groups is 1. The third-order valence-electron chi connectivity index (χ3n) is 1.79. The Labute approximate surface area is 81.6 Å². The molecule has 1 aromatic heterocycles. The van der Waals surface area contributed by atoms with Crippen LogP contribution in [0.1, 0.15) is 12.2 Å². The van der Waals surface area contributed by atoms with Gasteiger partial charge in [-0.3, -0.25) is 4.99 Å². The normalized spacial score (nSPS) is 16.8. The van der Waals surface area contributed by atoms with Crippen LogP contribution in [0.25, 0.3) is 0 Å². The van der Waals surface area contributed by atoms with Gasteiger partial charge in [0.15, 0.2) is 5.17 Å². The molecule has 0 saturated heterocycles. The van der Waals surface area contributed by atoms with E-state index in [0.29, 0.717) is 0 Å². The van der Waals surface area contributed by atoms with Crippen molar-refractivity contribution >= 4 is 16.9 Å². The molecule has 4 heteroatoms. The van der Waals surface area contributed by atoms with Crippen molar-refractivity contribution in [2.24, 2.45) is 4.99 Å². The lowest BCUT2D eigenvalue weighted by Gasteiger charge is -2.11. The lowest BCUT2D eigenvalue weighted by atomic mass is 10.4. The van der Waals surface area contributed by atoms with Crippen LogP contribution in [-0.2, 0) is 6.54 Å². The van der Waals surface area contributed by atoms with Gasteiger partial charge in [0.05, 0.1) is 12.8 Å². The molecule has 0 aromatic carbocycles. The number of nitrogens with one attached hydrogen (secondary N) is 1. The van der Waals surface area contributed by atoms with Gasteiger partial charge in [0, 0.05) is 12.3 Å².